The molecule has 2 aliphatic heterocycles. The number of likely N-dealkylation sites (tertiary alicyclic amines) is 1. The lowest BCUT2D eigenvalue weighted by Gasteiger charge is -2.37. The topological polar surface area (TPSA) is 69.0 Å². The fourth-order valence-corrected chi connectivity index (χ4v) is 4.51. The zero-order valence-corrected chi connectivity index (χ0v) is 17.7. The number of piperazine rings is 1. The van der Waals surface area contributed by atoms with Crippen molar-refractivity contribution in [2.24, 2.45) is 0 Å². The number of hydrogen-bond acceptors (Lipinski definition) is 6. The Hall–Kier alpha value is -1.51. The van der Waals surface area contributed by atoms with E-state index in [2.05, 4.69) is 22.0 Å². The van der Waals surface area contributed by atoms with E-state index < -0.39 is 6.04 Å². The fourth-order valence-electron chi connectivity index (χ4n) is 4.04. The van der Waals surface area contributed by atoms with Gasteiger partial charge in [0, 0.05) is 45.3 Å². The molecule has 2 aliphatic rings. The van der Waals surface area contributed by atoms with Gasteiger partial charge in [-0.15, -0.1) is 0 Å². The molecule has 2 fully saturated rings. The molecule has 1 aromatic rings. The van der Waals surface area contributed by atoms with Crippen molar-refractivity contribution in [2.45, 2.75) is 31.8 Å². The third kappa shape index (κ3) is 5.30. The van der Waals surface area contributed by atoms with E-state index >= 15 is 0 Å². The number of nitrogens with zero attached hydrogens (tertiary/aromatic N) is 3. The van der Waals surface area contributed by atoms with Gasteiger partial charge in [-0.1, -0.05) is 6.92 Å². The van der Waals surface area contributed by atoms with Gasteiger partial charge < -0.3 is 19.5 Å². The van der Waals surface area contributed by atoms with Gasteiger partial charge in [-0.05, 0) is 43.5 Å². The lowest BCUT2D eigenvalue weighted by atomic mass is 10.1. The van der Waals surface area contributed by atoms with Crippen LogP contribution in [0.25, 0.3) is 0 Å². The van der Waals surface area contributed by atoms with E-state index in [0.717, 1.165) is 58.0 Å². The second-order valence-electron chi connectivity index (χ2n) is 7.48. The lowest BCUT2D eigenvalue weighted by Crippen LogP contribution is -2.52. The molecule has 3 heterocycles. The van der Waals surface area contributed by atoms with Gasteiger partial charge >= 0.3 is 0 Å². The third-order valence-corrected chi connectivity index (χ3v) is 6.45. The third-order valence-electron chi connectivity index (χ3n) is 5.80. The first-order valence-corrected chi connectivity index (χ1v) is 11.6. The summed E-state index contributed by atoms with van der Waals surface area (Å²) in [6.45, 7) is 9.21. The Bertz CT molecular complexity index is 631. The maximum Gasteiger partial charge on any atom is 0.287 e. The molecule has 28 heavy (non-hydrogen) atoms. The van der Waals surface area contributed by atoms with Crippen LogP contribution in [0.4, 0.5) is 0 Å². The van der Waals surface area contributed by atoms with Crippen molar-refractivity contribution < 1.29 is 14.0 Å². The first-order chi connectivity index (χ1) is 13.6. The minimum Gasteiger partial charge on any atom is -0.459 e. The van der Waals surface area contributed by atoms with Crippen molar-refractivity contribution in [2.75, 3.05) is 57.8 Å². The Morgan fingerprint density at radius 3 is 2.71 bits per heavy atom. The Balaban J connectivity index is 1.56. The highest BCUT2D eigenvalue weighted by Crippen LogP contribution is 2.19. The van der Waals surface area contributed by atoms with Gasteiger partial charge in [-0.25, -0.2) is 0 Å². The number of rotatable bonds is 8. The van der Waals surface area contributed by atoms with E-state index in [0.29, 0.717) is 12.5 Å². The Kier molecular flexibility index (Phi) is 7.82. The smallest absolute Gasteiger partial charge is 0.287 e. The number of carbonyl (C=O) groups excluding carboxylic acids is 2. The second kappa shape index (κ2) is 10.3. The second-order valence-corrected chi connectivity index (χ2v) is 8.47. The molecule has 7 nitrogen and oxygen atoms in total. The molecule has 1 aromatic heterocycles. The monoisotopic (exact) mass is 408 g/mol. The molecule has 0 radical (unpaired) electrons. The standard InChI is InChI=1S/C20H32N4O3S/c1-3-22-9-11-23(12-10-22)16-6-8-24(15-16)20(26)17(7-14-28-2)21-19(25)18-5-4-13-27-18/h4-5,13,16-17H,3,6-12,14-15H2,1-2H3,(H,21,25). The van der Waals surface area contributed by atoms with Crippen LogP contribution in [-0.4, -0.2) is 96.4 Å². The van der Waals surface area contributed by atoms with E-state index in [1.807, 2.05) is 11.2 Å². The molecule has 3 rings (SSSR count). The normalized spacial score (nSPS) is 22.4. The van der Waals surface area contributed by atoms with Crippen LogP contribution >= 0.6 is 11.8 Å². The van der Waals surface area contributed by atoms with Crippen LogP contribution in [0.2, 0.25) is 0 Å². The van der Waals surface area contributed by atoms with Crippen LogP contribution < -0.4 is 5.32 Å². The van der Waals surface area contributed by atoms with E-state index in [-0.39, 0.29) is 17.6 Å². The molecular weight excluding hydrogens is 376 g/mol. The lowest BCUT2D eigenvalue weighted by molar-refractivity contribution is -0.132. The number of carbonyl (C=O) groups is 2. The maximum atomic E-state index is 13.1. The molecule has 2 saturated heterocycles. The molecule has 0 aromatic carbocycles. The maximum absolute atomic E-state index is 13.1. The van der Waals surface area contributed by atoms with E-state index in [1.165, 1.54) is 6.26 Å². The van der Waals surface area contributed by atoms with Crippen LogP contribution in [0.3, 0.4) is 0 Å². The van der Waals surface area contributed by atoms with E-state index in [1.54, 1.807) is 23.9 Å². The number of amides is 2. The molecule has 8 heteroatoms. The number of thioether (sulfide) groups is 1. The first-order valence-electron chi connectivity index (χ1n) is 10.2. The minimum atomic E-state index is -0.499. The molecule has 0 saturated carbocycles. The Morgan fingerprint density at radius 1 is 1.29 bits per heavy atom. The van der Waals surface area contributed by atoms with Crippen molar-refractivity contribution in [1.29, 1.82) is 0 Å². The minimum absolute atomic E-state index is 0.0312. The highest BCUT2D eigenvalue weighted by atomic mass is 32.2. The summed E-state index contributed by atoms with van der Waals surface area (Å²) in [5, 5.41) is 2.88. The van der Waals surface area contributed by atoms with Crippen LogP contribution in [0.5, 0.6) is 0 Å². The summed E-state index contributed by atoms with van der Waals surface area (Å²) in [4.78, 5) is 32.4. The SMILES string of the molecule is CCN1CCN(C2CCN(C(=O)C(CCSC)NC(=O)c3ccco3)C2)CC1. The molecule has 2 atom stereocenters. The van der Waals surface area contributed by atoms with Crippen LogP contribution in [0.15, 0.2) is 22.8 Å². The summed E-state index contributed by atoms with van der Waals surface area (Å²) in [6, 6.07) is 3.23. The van der Waals surface area contributed by atoms with Gasteiger partial charge in [-0.3, -0.25) is 14.5 Å². The molecule has 2 amide bonds. The van der Waals surface area contributed by atoms with Gasteiger partial charge in [0.2, 0.25) is 5.91 Å². The summed E-state index contributed by atoms with van der Waals surface area (Å²) in [6.07, 6.45) is 5.12. The summed E-state index contributed by atoms with van der Waals surface area (Å²) in [5.41, 5.74) is 0. The first kappa shape index (κ1) is 21.2. The Morgan fingerprint density at radius 2 is 2.07 bits per heavy atom. The molecule has 156 valence electrons. The molecule has 2 unspecified atom stereocenters. The average Bonchev–Trinajstić information content (AvgIpc) is 3.43. The van der Waals surface area contributed by atoms with Gasteiger partial charge in [0.1, 0.15) is 6.04 Å². The van der Waals surface area contributed by atoms with Crippen molar-refractivity contribution in [3.63, 3.8) is 0 Å². The van der Waals surface area contributed by atoms with Gasteiger partial charge in [0.25, 0.3) is 5.91 Å². The number of furan rings is 1. The number of hydrogen-bond donors (Lipinski definition) is 1. The molecule has 1 N–H and O–H groups in total. The largest absolute Gasteiger partial charge is 0.459 e. The van der Waals surface area contributed by atoms with E-state index in [9.17, 15) is 9.59 Å². The molecule has 0 bridgehead atoms. The van der Waals surface area contributed by atoms with Crippen molar-refractivity contribution in [1.82, 2.24) is 20.0 Å². The highest BCUT2D eigenvalue weighted by molar-refractivity contribution is 7.98. The highest BCUT2D eigenvalue weighted by Gasteiger charge is 2.35. The fraction of sp³-hybridized carbons (Fsp3) is 0.700. The van der Waals surface area contributed by atoms with E-state index in [4.69, 9.17) is 4.42 Å². The Labute approximate surface area is 171 Å². The number of nitrogens with one attached hydrogen (secondary N) is 1. The zero-order valence-electron chi connectivity index (χ0n) is 16.9. The van der Waals surface area contributed by atoms with Gasteiger partial charge in [0.05, 0.1) is 6.26 Å². The molecule has 0 aliphatic carbocycles. The van der Waals surface area contributed by atoms with Crippen LogP contribution in [0, 0.1) is 0 Å². The summed E-state index contributed by atoms with van der Waals surface area (Å²) in [5.74, 6) is 0.778. The van der Waals surface area contributed by atoms with Gasteiger partial charge in [0.15, 0.2) is 5.76 Å². The number of likely N-dealkylation sites (N-methyl/N-ethyl adjacent to an activating group) is 1. The predicted molar refractivity (Wildman–Crippen MR) is 112 cm³/mol. The zero-order chi connectivity index (χ0) is 19.9. The molecule has 0 spiro atoms. The van der Waals surface area contributed by atoms with Crippen molar-refractivity contribution in [3.05, 3.63) is 24.2 Å². The summed E-state index contributed by atoms with van der Waals surface area (Å²) >= 11 is 1.68. The van der Waals surface area contributed by atoms with Crippen LogP contribution in [0.1, 0.15) is 30.3 Å². The summed E-state index contributed by atoms with van der Waals surface area (Å²) in [7, 11) is 0. The van der Waals surface area contributed by atoms with Crippen molar-refractivity contribution >= 4 is 23.6 Å². The summed E-state index contributed by atoms with van der Waals surface area (Å²) < 4.78 is 5.17. The predicted octanol–water partition coefficient (Wildman–Crippen LogP) is 1.37. The quantitative estimate of drug-likeness (QED) is 0.701. The van der Waals surface area contributed by atoms with Crippen molar-refractivity contribution in [3.8, 4) is 0 Å². The molecular formula is C20H32N4O3S. The van der Waals surface area contributed by atoms with Gasteiger partial charge in [-0.2, -0.15) is 11.8 Å². The average molecular weight is 409 g/mol. The van der Waals surface area contributed by atoms with Crippen LogP contribution in [-0.2, 0) is 4.79 Å².